The molecule has 1 aliphatic heterocycles. The molecule has 0 aliphatic carbocycles. The Labute approximate surface area is 217 Å². The van der Waals surface area contributed by atoms with Gasteiger partial charge in [-0.1, -0.05) is 55.5 Å². The molecule has 37 heavy (non-hydrogen) atoms. The van der Waals surface area contributed by atoms with Gasteiger partial charge in [-0.3, -0.25) is 9.89 Å². The van der Waals surface area contributed by atoms with Gasteiger partial charge in [0.2, 0.25) is 0 Å². The fourth-order valence-corrected chi connectivity index (χ4v) is 4.87. The lowest BCUT2D eigenvalue weighted by Crippen LogP contribution is -2.31. The van der Waals surface area contributed by atoms with Crippen molar-refractivity contribution in [2.75, 3.05) is 27.4 Å². The van der Waals surface area contributed by atoms with Crippen molar-refractivity contribution in [3.8, 4) is 28.5 Å². The number of methoxy groups -OCH3 is 2. The Bertz CT molecular complexity index is 1380. The molecule has 1 atom stereocenters. The highest BCUT2D eigenvalue weighted by Crippen LogP contribution is 2.43. The quantitative estimate of drug-likeness (QED) is 0.305. The maximum Gasteiger partial charge on any atom is 0.273 e. The van der Waals surface area contributed by atoms with E-state index in [0.29, 0.717) is 36.8 Å². The second-order valence-corrected chi connectivity index (χ2v) is 8.99. The third-order valence-electron chi connectivity index (χ3n) is 6.65. The molecule has 0 spiro atoms. The van der Waals surface area contributed by atoms with Crippen LogP contribution in [0.5, 0.6) is 17.2 Å². The molecule has 0 bridgehead atoms. The number of carbonyl (C=O) groups excluding carboxylic acids is 1. The summed E-state index contributed by atoms with van der Waals surface area (Å²) in [6, 6.07) is 23.6. The van der Waals surface area contributed by atoms with E-state index in [9.17, 15) is 4.79 Å². The highest BCUT2D eigenvalue weighted by atomic mass is 16.5. The SMILES string of the molecule is CCCOc1cccc(C2c3c(-c4ccccc4)n[nH]c3C(=O)N2CCc2ccc(OC)c(OC)c2)c1. The fraction of sp³-hybridized carbons (Fsp3) is 0.267. The number of carbonyl (C=O) groups is 1. The summed E-state index contributed by atoms with van der Waals surface area (Å²) < 4.78 is 16.8. The van der Waals surface area contributed by atoms with E-state index in [2.05, 4.69) is 23.2 Å². The van der Waals surface area contributed by atoms with Crippen LogP contribution in [0.3, 0.4) is 0 Å². The Morgan fingerprint density at radius 2 is 1.76 bits per heavy atom. The van der Waals surface area contributed by atoms with E-state index in [-0.39, 0.29) is 11.9 Å². The van der Waals surface area contributed by atoms with Crippen LogP contribution in [0.4, 0.5) is 0 Å². The highest BCUT2D eigenvalue weighted by molar-refractivity contribution is 6.00. The molecule has 0 fully saturated rings. The number of fused-ring (bicyclic) bond motifs is 1. The lowest BCUT2D eigenvalue weighted by Gasteiger charge is -2.27. The third kappa shape index (κ3) is 4.77. The van der Waals surface area contributed by atoms with Gasteiger partial charge in [-0.05, 0) is 48.2 Å². The lowest BCUT2D eigenvalue weighted by atomic mass is 9.95. The van der Waals surface area contributed by atoms with Gasteiger partial charge in [0.15, 0.2) is 11.5 Å². The van der Waals surface area contributed by atoms with Gasteiger partial charge in [0.1, 0.15) is 11.4 Å². The number of nitrogens with one attached hydrogen (secondary N) is 1. The molecule has 2 heterocycles. The van der Waals surface area contributed by atoms with E-state index in [0.717, 1.165) is 40.1 Å². The molecule has 7 nitrogen and oxygen atoms in total. The van der Waals surface area contributed by atoms with Crippen molar-refractivity contribution in [3.63, 3.8) is 0 Å². The molecular weight excluding hydrogens is 466 g/mol. The molecule has 0 saturated carbocycles. The lowest BCUT2D eigenvalue weighted by molar-refractivity contribution is 0.0745. The van der Waals surface area contributed by atoms with E-state index < -0.39 is 0 Å². The van der Waals surface area contributed by atoms with E-state index in [4.69, 9.17) is 14.2 Å². The van der Waals surface area contributed by atoms with E-state index >= 15 is 0 Å². The predicted octanol–water partition coefficient (Wildman–Crippen LogP) is 5.67. The molecule has 1 unspecified atom stereocenters. The summed E-state index contributed by atoms with van der Waals surface area (Å²) in [6.45, 7) is 3.25. The molecule has 1 aromatic heterocycles. The van der Waals surface area contributed by atoms with Crippen LogP contribution in [0, 0.1) is 0 Å². The van der Waals surface area contributed by atoms with Crippen LogP contribution >= 0.6 is 0 Å². The Balaban J connectivity index is 1.52. The molecule has 1 amide bonds. The number of hydrogen-bond donors (Lipinski definition) is 1. The summed E-state index contributed by atoms with van der Waals surface area (Å²) in [4.78, 5) is 15.6. The van der Waals surface area contributed by atoms with Gasteiger partial charge in [-0.25, -0.2) is 0 Å². The van der Waals surface area contributed by atoms with Crippen LogP contribution < -0.4 is 14.2 Å². The number of H-pyrrole nitrogens is 1. The van der Waals surface area contributed by atoms with E-state index in [1.165, 1.54) is 0 Å². The number of aromatic nitrogens is 2. The maximum absolute atomic E-state index is 13.7. The van der Waals surface area contributed by atoms with Gasteiger partial charge >= 0.3 is 0 Å². The zero-order chi connectivity index (χ0) is 25.8. The minimum absolute atomic E-state index is 0.0602. The second kappa shape index (κ2) is 10.8. The number of nitrogens with zero attached hydrogens (tertiary/aromatic N) is 2. The molecule has 5 rings (SSSR count). The molecule has 0 radical (unpaired) electrons. The summed E-state index contributed by atoms with van der Waals surface area (Å²) >= 11 is 0. The van der Waals surface area contributed by atoms with Crippen molar-refractivity contribution in [3.05, 3.63) is 95.2 Å². The van der Waals surface area contributed by atoms with Gasteiger partial charge in [0.25, 0.3) is 5.91 Å². The second-order valence-electron chi connectivity index (χ2n) is 8.99. The summed E-state index contributed by atoms with van der Waals surface area (Å²) in [6.07, 6.45) is 1.58. The molecule has 7 heteroatoms. The number of aromatic amines is 1. The number of ether oxygens (including phenoxy) is 3. The van der Waals surface area contributed by atoms with E-state index in [1.807, 2.05) is 71.6 Å². The summed E-state index contributed by atoms with van der Waals surface area (Å²) in [7, 11) is 3.25. The van der Waals surface area contributed by atoms with Crippen molar-refractivity contribution >= 4 is 5.91 Å². The Morgan fingerprint density at radius 1 is 0.946 bits per heavy atom. The van der Waals surface area contributed by atoms with Gasteiger partial charge in [-0.15, -0.1) is 0 Å². The summed E-state index contributed by atoms with van der Waals surface area (Å²) in [5.74, 6) is 2.09. The molecular formula is C30H31N3O4. The standard InChI is InChI=1S/C30H31N3O4/c1-4-17-37-23-12-8-11-22(19-23)29-26-27(21-9-6-5-7-10-21)31-32-28(26)30(34)33(29)16-15-20-13-14-24(35-2)25(18-20)36-3/h5-14,18-19,29H,4,15-17H2,1-3H3,(H,31,32). The Morgan fingerprint density at radius 3 is 2.51 bits per heavy atom. The van der Waals surface area contributed by atoms with E-state index in [1.54, 1.807) is 14.2 Å². The molecule has 190 valence electrons. The van der Waals surface area contributed by atoms with Crippen LogP contribution in [0.15, 0.2) is 72.8 Å². The average molecular weight is 498 g/mol. The normalized spacial score (nSPS) is 14.5. The van der Waals surface area contributed by atoms with Crippen LogP contribution in [0.2, 0.25) is 0 Å². The molecule has 1 N–H and O–H groups in total. The minimum atomic E-state index is -0.290. The first-order chi connectivity index (χ1) is 18.1. The first kappa shape index (κ1) is 24.4. The minimum Gasteiger partial charge on any atom is -0.494 e. The van der Waals surface area contributed by atoms with Crippen molar-refractivity contribution in [2.45, 2.75) is 25.8 Å². The topological polar surface area (TPSA) is 76.7 Å². The van der Waals surface area contributed by atoms with Crippen LogP contribution in [0.1, 0.15) is 46.6 Å². The maximum atomic E-state index is 13.7. The first-order valence-corrected chi connectivity index (χ1v) is 12.5. The highest BCUT2D eigenvalue weighted by Gasteiger charge is 2.42. The largest absolute Gasteiger partial charge is 0.494 e. The van der Waals surface area contributed by atoms with Crippen molar-refractivity contribution < 1.29 is 19.0 Å². The molecule has 1 aliphatic rings. The first-order valence-electron chi connectivity index (χ1n) is 12.5. The Hall–Kier alpha value is -4.26. The third-order valence-corrected chi connectivity index (χ3v) is 6.65. The Kier molecular flexibility index (Phi) is 7.12. The number of hydrogen-bond acceptors (Lipinski definition) is 5. The fourth-order valence-electron chi connectivity index (χ4n) is 4.87. The smallest absolute Gasteiger partial charge is 0.273 e. The van der Waals surface area contributed by atoms with Gasteiger partial charge in [0, 0.05) is 17.7 Å². The van der Waals surface area contributed by atoms with Crippen LogP contribution in [0.25, 0.3) is 11.3 Å². The molecule has 3 aromatic carbocycles. The van der Waals surface area contributed by atoms with Crippen LogP contribution in [-0.4, -0.2) is 48.4 Å². The average Bonchev–Trinajstić information content (AvgIpc) is 3.49. The number of amides is 1. The molecule has 4 aromatic rings. The number of rotatable bonds is 10. The van der Waals surface area contributed by atoms with Crippen molar-refractivity contribution in [1.29, 1.82) is 0 Å². The zero-order valence-corrected chi connectivity index (χ0v) is 21.4. The van der Waals surface area contributed by atoms with Gasteiger partial charge < -0.3 is 19.1 Å². The van der Waals surface area contributed by atoms with Crippen molar-refractivity contribution in [1.82, 2.24) is 15.1 Å². The molecule has 0 saturated heterocycles. The van der Waals surface area contributed by atoms with Crippen molar-refractivity contribution in [2.24, 2.45) is 0 Å². The predicted molar refractivity (Wildman–Crippen MR) is 142 cm³/mol. The van der Waals surface area contributed by atoms with Crippen LogP contribution in [-0.2, 0) is 6.42 Å². The number of benzene rings is 3. The zero-order valence-electron chi connectivity index (χ0n) is 21.4. The summed E-state index contributed by atoms with van der Waals surface area (Å²) in [5, 5.41) is 7.60. The van der Waals surface area contributed by atoms with Gasteiger partial charge in [0.05, 0.1) is 32.6 Å². The summed E-state index contributed by atoms with van der Waals surface area (Å²) in [5.41, 5.74) is 5.25. The van der Waals surface area contributed by atoms with Gasteiger partial charge in [-0.2, -0.15) is 5.10 Å². The monoisotopic (exact) mass is 497 g/mol.